The number of aliphatic hydroxyl groups is 1. The largest absolute Gasteiger partial charge is 0.489 e. The van der Waals surface area contributed by atoms with E-state index in [0.29, 0.717) is 23.8 Å². The predicted octanol–water partition coefficient (Wildman–Crippen LogP) is 5.41. The fourth-order valence-electron chi connectivity index (χ4n) is 5.79. The number of rotatable bonds is 10. The van der Waals surface area contributed by atoms with Crippen molar-refractivity contribution < 1.29 is 46.1 Å². The summed E-state index contributed by atoms with van der Waals surface area (Å²) in [5.74, 6) is -3.97. The van der Waals surface area contributed by atoms with Gasteiger partial charge in [-0.3, -0.25) is 14.6 Å². The number of nitrogens with one attached hydrogen (secondary N) is 1. The van der Waals surface area contributed by atoms with Gasteiger partial charge in [0.25, 0.3) is 12.3 Å². The second kappa shape index (κ2) is 11.9. The monoisotopic (exact) mass is 676 g/mol. The van der Waals surface area contributed by atoms with Crippen molar-refractivity contribution in [2.24, 2.45) is 11.7 Å². The summed E-state index contributed by atoms with van der Waals surface area (Å²) in [6.07, 6.45) is -0.907. The van der Waals surface area contributed by atoms with Crippen LogP contribution in [0.2, 0.25) is 5.02 Å². The molecule has 9 nitrogen and oxygen atoms in total. The van der Waals surface area contributed by atoms with E-state index in [2.05, 4.69) is 20.0 Å². The van der Waals surface area contributed by atoms with E-state index >= 15 is 0 Å². The van der Waals surface area contributed by atoms with Gasteiger partial charge in [-0.05, 0) is 73.7 Å². The number of amides is 2. The summed E-state index contributed by atoms with van der Waals surface area (Å²) in [4.78, 5) is 34.6. The first-order valence-electron chi connectivity index (χ1n) is 14.3. The van der Waals surface area contributed by atoms with Crippen molar-refractivity contribution >= 4 is 34.3 Å². The number of ether oxygens (including phenoxy) is 2. The standard InChI is InChI=1S/C32H26ClF5N4O5/c1-14-6-16-7-17(9-22(47-30(37)38)24(16)40-11-14)27(43)41-12-32(45,18-3-4-18)23-10-19-26(46-13-31(19,28(35)36)29(39)44)25(42-23)15-2-5-21(34)20(33)8-15/h2,5-11,18,28,30,45H,3-4,12-13H2,1H3,(H2,39,44)(H,41,43)/t31-,32-/m1/s1. The number of nitrogens with zero attached hydrogens (tertiary/aromatic N) is 2. The molecule has 47 heavy (non-hydrogen) atoms. The molecule has 0 radical (unpaired) electrons. The van der Waals surface area contributed by atoms with E-state index in [1.165, 1.54) is 24.4 Å². The number of hydrogen-bond acceptors (Lipinski definition) is 7. The Kier molecular flexibility index (Phi) is 8.20. The van der Waals surface area contributed by atoms with Crippen LogP contribution >= 0.6 is 11.6 Å². The fourth-order valence-corrected chi connectivity index (χ4v) is 5.97. The highest BCUT2D eigenvalue weighted by atomic mass is 35.5. The van der Waals surface area contributed by atoms with Crippen molar-refractivity contribution in [2.45, 2.75) is 43.8 Å². The van der Waals surface area contributed by atoms with Crippen molar-refractivity contribution in [1.82, 2.24) is 15.3 Å². The minimum atomic E-state index is -3.31. The predicted molar refractivity (Wildman–Crippen MR) is 159 cm³/mol. The summed E-state index contributed by atoms with van der Waals surface area (Å²) >= 11 is 6.00. The average molecular weight is 677 g/mol. The molecule has 2 aromatic carbocycles. The smallest absolute Gasteiger partial charge is 0.387 e. The van der Waals surface area contributed by atoms with Crippen LogP contribution in [-0.2, 0) is 15.8 Å². The Labute approximate surface area is 268 Å². The molecule has 1 aliphatic carbocycles. The Morgan fingerprint density at radius 2 is 1.94 bits per heavy atom. The Bertz CT molecular complexity index is 1930. The number of aromatic nitrogens is 2. The third kappa shape index (κ3) is 5.69. The van der Waals surface area contributed by atoms with Gasteiger partial charge in [0, 0.05) is 28.3 Å². The molecule has 4 N–H and O–H groups in total. The Morgan fingerprint density at radius 3 is 2.57 bits per heavy atom. The Morgan fingerprint density at radius 1 is 1.19 bits per heavy atom. The van der Waals surface area contributed by atoms with Crippen LogP contribution in [0.4, 0.5) is 22.0 Å². The van der Waals surface area contributed by atoms with Crippen LogP contribution in [0.1, 0.15) is 40.0 Å². The van der Waals surface area contributed by atoms with Crippen molar-refractivity contribution in [3.63, 3.8) is 0 Å². The lowest BCUT2D eigenvalue weighted by atomic mass is 9.79. The van der Waals surface area contributed by atoms with Gasteiger partial charge in [-0.2, -0.15) is 8.78 Å². The third-order valence-corrected chi connectivity index (χ3v) is 8.77. The third-order valence-electron chi connectivity index (χ3n) is 8.48. The molecule has 6 rings (SSSR count). The maximum absolute atomic E-state index is 14.6. The normalized spacial score (nSPS) is 18.6. The van der Waals surface area contributed by atoms with Crippen LogP contribution in [0.3, 0.4) is 0 Å². The van der Waals surface area contributed by atoms with Gasteiger partial charge in [0.05, 0.1) is 17.3 Å². The van der Waals surface area contributed by atoms with E-state index in [-0.39, 0.29) is 50.1 Å². The summed E-state index contributed by atoms with van der Waals surface area (Å²) in [7, 11) is 0. The van der Waals surface area contributed by atoms with Crippen LogP contribution in [0.15, 0.2) is 48.7 Å². The topological polar surface area (TPSA) is 137 Å². The number of primary amides is 1. The molecule has 246 valence electrons. The molecule has 3 heterocycles. The lowest BCUT2D eigenvalue weighted by molar-refractivity contribution is -0.130. The highest BCUT2D eigenvalue weighted by Gasteiger charge is 2.56. The number of nitrogens with two attached hydrogens (primary N) is 1. The van der Waals surface area contributed by atoms with Crippen molar-refractivity contribution in [2.75, 3.05) is 13.2 Å². The van der Waals surface area contributed by atoms with Crippen molar-refractivity contribution in [3.8, 4) is 22.8 Å². The maximum atomic E-state index is 14.6. The first-order valence-corrected chi connectivity index (χ1v) is 14.7. The molecular weight excluding hydrogens is 651 g/mol. The minimum absolute atomic E-state index is 0.0823. The van der Waals surface area contributed by atoms with E-state index < -0.39 is 60.8 Å². The zero-order valence-corrected chi connectivity index (χ0v) is 25.3. The molecular formula is C32H26ClF5N4O5. The Balaban J connectivity index is 1.43. The number of hydrogen-bond donors (Lipinski definition) is 3. The summed E-state index contributed by atoms with van der Waals surface area (Å²) in [5.41, 5.74) is 1.14. The number of fused-ring (bicyclic) bond motifs is 2. The van der Waals surface area contributed by atoms with Crippen molar-refractivity contribution in [3.05, 3.63) is 81.9 Å². The zero-order valence-electron chi connectivity index (χ0n) is 24.5. The van der Waals surface area contributed by atoms with Gasteiger partial charge in [-0.15, -0.1) is 0 Å². The highest BCUT2D eigenvalue weighted by Crippen LogP contribution is 2.51. The van der Waals surface area contributed by atoms with E-state index in [4.69, 9.17) is 22.1 Å². The van der Waals surface area contributed by atoms with E-state index in [1.54, 1.807) is 13.0 Å². The van der Waals surface area contributed by atoms with Gasteiger partial charge in [0.1, 0.15) is 35.0 Å². The second-order valence-electron chi connectivity index (χ2n) is 11.6. The van der Waals surface area contributed by atoms with Crippen LogP contribution in [-0.4, -0.2) is 53.1 Å². The van der Waals surface area contributed by atoms with Gasteiger partial charge in [-0.1, -0.05) is 11.6 Å². The van der Waals surface area contributed by atoms with Gasteiger partial charge in [-0.25, -0.2) is 18.2 Å². The molecule has 2 amide bonds. The second-order valence-corrected chi connectivity index (χ2v) is 12.0. The number of carbonyl (C=O) groups is 2. The molecule has 2 atom stereocenters. The lowest BCUT2D eigenvalue weighted by Gasteiger charge is -2.30. The number of alkyl halides is 4. The number of carbonyl (C=O) groups excluding carboxylic acids is 2. The van der Waals surface area contributed by atoms with E-state index in [0.717, 1.165) is 18.2 Å². The van der Waals surface area contributed by atoms with E-state index in [9.17, 15) is 36.6 Å². The quantitative estimate of drug-likeness (QED) is 0.191. The molecule has 0 spiro atoms. The fraction of sp³-hybridized carbons (Fsp3) is 0.312. The number of aryl methyl sites for hydroxylation is 1. The average Bonchev–Trinajstić information content (AvgIpc) is 3.80. The number of halogens is 6. The summed E-state index contributed by atoms with van der Waals surface area (Å²) < 4.78 is 79.8. The van der Waals surface area contributed by atoms with Crippen LogP contribution in [0.5, 0.6) is 11.5 Å². The number of pyridine rings is 2. The molecule has 1 fully saturated rings. The van der Waals surface area contributed by atoms with Crippen LogP contribution < -0.4 is 20.5 Å². The molecule has 0 unspecified atom stereocenters. The molecule has 2 aromatic heterocycles. The molecule has 0 saturated heterocycles. The SMILES string of the molecule is Cc1cnc2c(OC(F)F)cc(C(=O)NC[C@](O)(c3cc4c(c(-c5ccc(F)c(Cl)c5)n3)OC[C@]4(C(N)=O)C(F)F)C3CC3)cc2c1. The minimum Gasteiger partial charge on any atom is -0.489 e. The number of benzene rings is 2. The van der Waals surface area contributed by atoms with Crippen molar-refractivity contribution in [1.29, 1.82) is 0 Å². The molecule has 1 aliphatic heterocycles. The maximum Gasteiger partial charge on any atom is 0.387 e. The van der Waals surface area contributed by atoms with Gasteiger partial charge < -0.3 is 25.6 Å². The van der Waals surface area contributed by atoms with Gasteiger partial charge >= 0.3 is 6.61 Å². The molecule has 1 saturated carbocycles. The highest BCUT2D eigenvalue weighted by molar-refractivity contribution is 6.31. The molecule has 4 aromatic rings. The Hall–Kier alpha value is -4.56. The molecule has 15 heteroatoms. The van der Waals surface area contributed by atoms with Crippen LogP contribution in [0.25, 0.3) is 22.2 Å². The summed E-state index contributed by atoms with van der Waals surface area (Å²) in [5, 5.41) is 14.7. The molecule has 0 bridgehead atoms. The lowest BCUT2D eigenvalue weighted by Crippen LogP contribution is -2.49. The van der Waals surface area contributed by atoms with E-state index in [1.807, 2.05) is 0 Å². The van der Waals surface area contributed by atoms with Gasteiger partial charge in [0.15, 0.2) is 11.2 Å². The summed E-state index contributed by atoms with van der Waals surface area (Å²) in [6.45, 7) is -2.78. The zero-order chi connectivity index (χ0) is 33.8. The van der Waals surface area contributed by atoms with Gasteiger partial charge in [0.2, 0.25) is 5.91 Å². The first-order chi connectivity index (χ1) is 22.2. The molecule has 2 aliphatic rings. The summed E-state index contributed by atoms with van der Waals surface area (Å²) in [6, 6.07) is 8.74. The first kappa shape index (κ1) is 32.4. The van der Waals surface area contributed by atoms with Crippen LogP contribution in [0, 0.1) is 18.7 Å².